The summed E-state index contributed by atoms with van der Waals surface area (Å²) in [4.78, 5) is 12.8. The van der Waals surface area contributed by atoms with Crippen LogP contribution in [-0.4, -0.2) is 37.4 Å². The number of ether oxygens (including phenoxy) is 3. The minimum atomic E-state index is -0.131. The minimum Gasteiger partial charge on any atom is -0.493 e. The molecule has 3 rings (SSSR count). The van der Waals surface area contributed by atoms with Crippen LogP contribution in [0.15, 0.2) is 22.7 Å². The van der Waals surface area contributed by atoms with Gasteiger partial charge in [0.05, 0.1) is 24.5 Å². The van der Waals surface area contributed by atoms with Crippen LogP contribution in [0.3, 0.4) is 0 Å². The zero-order valence-corrected chi connectivity index (χ0v) is 19.4. The Bertz CT molecular complexity index is 880. The fraction of sp³-hybridized carbons (Fsp3) is 0.583. The largest absolute Gasteiger partial charge is 0.493 e. The van der Waals surface area contributed by atoms with Crippen molar-refractivity contribution in [2.75, 3.05) is 20.3 Å². The molecule has 1 fully saturated rings. The average molecular weight is 431 g/mol. The van der Waals surface area contributed by atoms with Crippen molar-refractivity contribution in [3.8, 4) is 11.5 Å². The molecule has 0 bridgehead atoms. The summed E-state index contributed by atoms with van der Waals surface area (Å²) in [5.74, 6) is 1.97. The first-order valence-corrected chi connectivity index (χ1v) is 10.8. The Labute approximate surface area is 184 Å². The lowest BCUT2D eigenvalue weighted by molar-refractivity contribution is -0.0839. The lowest BCUT2D eigenvalue weighted by atomic mass is 9.78. The van der Waals surface area contributed by atoms with Crippen LogP contribution in [-0.2, 0) is 11.3 Å². The molecule has 0 aliphatic carbocycles. The Kier molecular flexibility index (Phi) is 7.26. The van der Waals surface area contributed by atoms with Gasteiger partial charge in [-0.1, -0.05) is 25.9 Å². The zero-order valence-electron chi connectivity index (χ0n) is 19.4. The Morgan fingerprint density at radius 2 is 2.03 bits per heavy atom. The van der Waals surface area contributed by atoms with Crippen molar-refractivity contribution in [3.63, 3.8) is 0 Å². The predicted molar refractivity (Wildman–Crippen MR) is 118 cm³/mol. The van der Waals surface area contributed by atoms with Gasteiger partial charge in [0.1, 0.15) is 12.4 Å². The molecule has 7 heteroatoms. The van der Waals surface area contributed by atoms with E-state index in [9.17, 15) is 4.79 Å². The van der Waals surface area contributed by atoms with Gasteiger partial charge in [-0.15, -0.1) is 0 Å². The van der Waals surface area contributed by atoms with Crippen LogP contribution in [0, 0.1) is 25.2 Å². The third-order valence-corrected chi connectivity index (χ3v) is 5.80. The van der Waals surface area contributed by atoms with Crippen LogP contribution < -0.4 is 14.8 Å². The van der Waals surface area contributed by atoms with E-state index in [2.05, 4.69) is 31.2 Å². The van der Waals surface area contributed by atoms with Crippen LogP contribution in [0.25, 0.3) is 0 Å². The van der Waals surface area contributed by atoms with Gasteiger partial charge < -0.3 is 24.1 Å². The Hall–Kier alpha value is -2.54. The molecule has 0 spiro atoms. The van der Waals surface area contributed by atoms with Crippen LogP contribution in [0.5, 0.6) is 11.5 Å². The first-order chi connectivity index (χ1) is 14.7. The topological polar surface area (TPSA) is 82.8 Å². The molecule has 31 heavy (non-hydrogen) atoms. The summed E-state index contributed by atoms with van der Waals surface area (Å²) in [6, 6.07) is 5.21. The number of carbonyl (C=O) groups excluding carboxylic acids is 1. The number of carbonyl (C=O) groups is 1. The van der Waals surface area contributed by atoms with Crippen molar-refractivity contribution in [2.45, 2.75) is 60.2 Å². The summed E-state index contributed by atoms with van der Waals surface area (Å²) in [5.41, 5.74) is 2.28. The summed E-state index contributed by atoms with van der Waals surface area (Å²) in [6.45, 7) is 12.0. The standard InChI is InChI=1S/C24H34N2O5/c1-15-19(16(2)31-26-15)14-30-20-10-9-17(12-21(20)28-6)23(27)25-13-18-8-7-11-29-22(18)24(3,4)5/h9-10,12,18,22H,7-8,11,13-14H2,1-6H3,(H,25,27). The fourth-order valence-electron chi connectivity index (χ4n) is 4.12. The van der Waals surface area contributed by atoms with Crippen molar-refractivity contribution < 1.29 is 23.5 Å². The maximum Gasteiger partial charge on any atom is 0.251 e. The Balaban J connectivity index is 1.63. The van der Waals surface area contributed by atoms with Gasteiger partial charge in [0, 0.05) is 24.6 Å². The minimum absolute atomic E-state index is 0.0409. The van der Waals surface area contributed by atoms with Crippen LogP contribution >= 0.6 is 0 Å². The molecule has 2 heterocycles. The number of benzene rings is 1. The second-order valence-corrected chi connectivity index (χ2v) is 9.23. The number of methoxy groups -OCH3 is 1. The first-order valence-electron chi connectivity index (χ1n) is 10.8. The third-order valence-electron chi connectivity index (χ3n) is 5.80. The number of amides is 1. The SMILES string of the molecule is COc1cc(C(=O)NCC2CCCOC2C(C)(C)C)ccc1OCc1c(C)noc1C. The van der Waals surface area contributed by atoms with Crippen molar-refractivity contribution in [1.82, 2.24) is 10.5 Å². The summed E-state index contributed by atoms with van der Waals surface area (Å²) >= 11 is 0. The van der Waals surface area contributed by atoms with Crippen LogP contribution in [0.4, 0.5) is 0 Å². The van der Waals surface area contributed by atoms with Gasteiger partial charge in [-0.05, 0) is 50.3 Å². The van der Waals surface area contributed by atoms with Gasteiger partial charge in [-0.3, -0.25) is 4.79 Å². The first kappa shape index (κ1) is 23.1. The fourth-order valence-corrected chi connectivity index (χ4v) is 4.12. The highest BCUT2D eigenvalue weighted by Gasteiger charge is 2.35. The number of rotatable bonds is 7. The van der Waals surface area contributed by atoms with E-state index in [1.165, 1.54) is 0 Å². The molecule has 0 saturated carbocycles. The summed E-state index contributed by atoms with van der Waals surface area (Å²) in [6.07, 6.45) is 2.22. The molecule has 170 valence electrons. The van der Waals surface area contributed by atoms with E-state index in [-0.39, 0.29) is 17.4 Å². The van der Waals surface area contributed by atoms with E-state index in [0.29, 0.717) is 36.1 Å². The van der Waals surface area contributed by atoms with Gasteiger partial charge >= 0.3 is 0 Å². The Morgan fingerprint density at radius 3 is 2.68 bits per heavy atom. The molecule has 1 saturated heterocycles. The van der Waals surface area contributed by atoms with Crippen LogP contribution in [0.1, 0.15) is 61.0 Å². The maximum absolute atomic E-state index is 12.8. The molecular weight excluding hydrogens is 396 g/mol. The van der Waals surface area contributed by atoms with E-state index < -0.39 is 0 Å². The average Bonchev–Trinajstić information content (AvgIpc) is 3.07. The molecule has 0 radical (unpaired) electrons. The molecule has 2 atom stereocenters. The highest BCUT2D eigenvalue weighted by molar-refractivity contribution is 5.94. The number of nitrogens with zero attached hydrogens (tertiary/aromatic N) is 1. The lowest BCUT2D eigenvalue weighted by Crippen LogP contribution is -2.45. The van der Waals surface area contributed by atoms with Gasteiger partial charge in [-0.2, -0.15) is 0 Å². The molecule has 7 nitrogen and oxygen atoms in total. The lowest BCUT2D eigenvalue weighted by Gasteiger charge is -2.40. The smallest absolute Gasteiger partial charge is 0.251 e. The van der Waals surface area contributed by atoms with E-state index in [0.717, 1.165) is 36.5 Å². The van der Waals surface area contributed by atoms with E-state index in [1.54, 1.807) is 25.3 Å². The molecule has 1 aromatic heterocycles. The van der Waals surface area contributed by atoms with Crippen molar-refractivity contribution in [3.05, 3.63) is 40.8 Å². The second-order valence-electron chi connectivity index (χ2n) is 9.23. The number of aryl methyl sites for hydroxylation is 2. The molecule has 1 aliphatic rings. The summed E-state index contributed by atoms with van der Waals surface area (Å²) in [7, 11) is 1.56. The number of hydrogen-bond acceptors (Lipinski definition) is 6. The van der Waals surface area contributed by atoms with Gasteiger partial charge in [0.2, 0.25) is 0 Å². The highest BCUT2D eigenvalue weighted by atomic mass is 16.5. The summed E-state index contributed by atoms with van der Waals surface area (Å²) in [5, 5.41) is 7.01. The number of hydrogen-bond donors (Lipinski definition) is 1. The quantitative estimate of drug-likeness (QED) is 0.699. The number of nitrogens with one attached hydrogen (secondary N) is 1. The van der Waals surface area contributed by atoms with Crippen LogP contribution in [0.2, 0.25) is 0 Å². The van der Waals surface area contributed by atoms with Gasteiger partial charge in [0.15, 0.2) is 11.5 Å². The molecule has 1 N–H and O–H groups in total. The monoisotopic (exact) mass is 430 g/mol. The van der Waals surface area contributed by atoms with E-state index >= 15 is 0 Å². The van der Waals surface area contributed by atoms with E-state index in [1.807, 2.05) is 13.8 Å². The Morgan fingerprint density at radius 1 is 1.26 bits per heavy atom. The highest BCUT2D eigenvalue weighted by Crippen LogP contribution is 2.34. The molecule has 1 amide bonds. The second kappa shape index (κ2) is 9.73. The van der Waals surface area contributed by atoms with Crippen molar-refractivity contribution >= 4 is 5.91 Å². The van der Waals surface area contributed by atoms with Gasteiger partial charge in [0.25, 0.3) is 5.91 Å². The maximum atomic E-state index is 12.8. The van der Waals surface area contributed by atoms with Crippen molar-refractivity contribution in [1.29, 1.82) is 0 Å². The number of aromatic nitrogens is 1. The third kappa shape index (κ3) is 5.58. The van der Waals surface area contributed by atoms with E-state index in [4.69, 9.17) is 18.7 Å². The predicted octanol–water partition coefficient (Wildman–Crippen LogP) is 4.45. The van der Waals surface area contributed by atoms with Crippen molar-refractivity contribution in [2.24, 2.45) is 11.3 Å². The van der Waals surface area contributed by atoms with Gasteiger partial charge in [-0.25, -0.2) is 0 Å². The molecule has 2 unspecified atom stereocenters. The molecule has 2 aromatic rings. The summed E-state index contributed by atoms with van der Waals surface area (Å²) < 4.78 is 22.6. The molecule has 1 aliphatic heterocycles. The zero-order chi connectivity index (χ0) is 22.6. The normalized spacial score (nSPS) is 19.2. The molecule has 1 aromatic carbocycles. The molecular formula is C24H34N2O5.